The van der Waals surface area contributed by atoms with Crippen molar-refractivity contribution in [1.82, 2.24) is 0 Å². The molecule has 0 amide bonds. The molecule has 18 heavy (non-hydrogen) atoms. The van der Waals surface area contributed by atoms with Gasteiger partial charge in [0.05, 0.1) is 5.56 Å². The van der Waals surface area contributed by atoms with Crippen LogP contribution < -0.4 is 5.43 Å². The van der Waals surface area contributed by atoms with Crippen molar-refractivity contribution < 1.29 is 9.52 Å². The van der Waals surface area contributed by atoms with Gasteiger partial charge in [0.15, 0.2) is 0 Å². The summed E-state index contributed by atoms with van der Waals surface area (Å²) in [6.45, 7) is 0. The Labute approximate surface area is 103 Å². The average molecular weight is 238 g/mol. The van der Waals surface area contributed by atoms with Crippen molar-refractivity contribution in [3.63, 3.8) is 0 Å². The molecule has 3 heteroatoms. The molecule has 0 atom stereocenters. The smallest absolute Gasteiger partial charge is 0.204 e. The normalized spacial score (nSPS) is 10.7. The summed E-state index contributed by atoms with van der Waals surface area (Å²) in [6, 6.07) is 14.0. The van der Waals surface area contributed by atoms with E-state index in [1.54, 1.807) is 12.1 Å². The lowest BCUT2D eigenvalue weighted by atomic mass is 10.1. The topological polar surface area (TPSA) is 50.4 Å². The molecule has 0 saturated carbocycles. The Morgan fingerprint density at radius 2 is 1.72 bits per heavy atom. The molecular weight excluding hydrogens is 228 g/mol. The summed E-state index contributed by atoms with van der Waals surface area (Å²) < 4.78 is 5.40. The zero-order chi connectivity index (χ0) is 12.5. The number of phenolic OH excluding ortho intramolecular Hbond substituents is 1. The molecule has 3 nitrogen and oxygen atoms in total. The van der Waals surface area contributed by atoms with Gasteiger partial charge in [-0.15, -0.1) is 0 Å². The van der Waals surface area contributed by atoms with E-state index in [9.17, 15) is 9.90 Å². The summed E-state index contributed by atoms with van der Waals surface area (Å²) in [5.41, 5.74) is 1.39. The zero-order valence-electron chi connectivity index (χ0n) is 9.46. The first-order chi connectivity index (χ1) is 8.77. The maximum atomic E-state index is 12.3. The average Bonchev–Trinajstić information content (AvgIpc) is 2.40. The van der Waals surface area contributed by atoms with Gasteiger partial charge in [-0.05, 0) is 17.7 Å². The molecule has 3 rings (SSSR count). The molecule has 0 spiro atoms. The van der Waals surface area contributed by atoms with Crippen LogP contribution in [-0.2, 0) is 0 Å². The van der Waals surface area contributed by atoms with Gasteiger partial charge in [-0.3, -0.25) is 4.79 Å². The van der Waals surface area contributed by atoms with Crippen LogP contribution in [0, 0.1) is 0 Å². The SMILES string of the molecule is O=c1c(-c2ccccc2)coc2cccc(O)c12. The molecular formula is C15H10O3. The summed E-state index contributed by atoms with van der Waals surface area (Å²) in [6.07, 6.45) is 1.43. The highest BCUT2D eigenvalue weighted by atomic mass is 16.3. The molecule has 1 aromatic heterocycles. The van der Waals surface area contributed by atoms with Gasteiger partial charge in [0, 0.05) is 0 Å². The van der Waals surface area contributed by atoms with E-state index >= 15 is 0 Å². The number of rotatable bonds is 1. The quantitative estimate of drug-likeness (QED) is 0.708. The van der Waals surface area contributed by atoms with E-state index in [0.717, 1.165) is 5.56 Å². The van der Waals surface area contributed by atoms with Gasteiger partial charge in [-0.1, -0.05) is 36.4 Å². The highest BCUT2D eigenvalue weighted by Gasteiger charge is 2.11. The van der Waals surface area contributed by atoms with Gasteiger partial charge < -0.3 is 9.52 Å². The van der Waals surface area contributed by atoms with Gasteiger partial charge in [0.25, 0.3) is 0 Å². The summed E-state index contributed by atoms with van der Waals surface area (Å²) in [5.74, 6) is -0.0565. The largest absolute Gasteiger partial charge is 0.507 e. The minimum Gasteiger partial charge on any atom is -0.507 e. The number of phenols is 1. The molecule has 88 valence electrons. The molecule has 0 radical (unpaired) electrons. The number of fused-ring (bicyclic) bond motifs is 1. The summed E-state index contributed by atoms with van der Waals surface area (Å²) in [5, 5.41) is 9.98. The first-order valence-corrected chi connectivity index (χ1v) is 5.56. The Morgan fingerprint density at radius 3 is 2.50 bits per heavy atom. The lowest BCUT2D eigenvalue weighted by Gasteiger charge is -2.03. The second-order valence-electron chi connectivity index (χ2n) is 3.99. The molecule has 1 N–H and O–H groups in total. The molecule has 1 heterocycles. The van der Waals surface area contributed by atoms with Crippen LogP contribution >= 0.6 is 0 Å². The van der Waals surface area contributed by atoms with Crippen molar-refractivity contribution in [3.8, 4) is 16.9 Å². The third kappa shape index (κ3) is 1.57. The minimum absolute atomic E-state index is 0.0565. The Morgan fingerprint density at radius 1 is 0.944 bits per heavy atom. The Kier molecular flexibility index (Phi) is 2.38. The Balaban J connectivity index is 2.37. The van der Waals surface area contributed by atoms with Crippen molar-refractivity contribution in [2.24, 2.45) is 0 Å². The Bertz CT molecular complexity index is 758. The van der Waals surface area contributed by atoms with E-state index in [0.29, 0.717) is 11.1 Å². The monoisotopic (exact) mass is 238 g/mol. The van der Waals surface area contributed by atoms with Gasteiger partial charge in [0.1, 0.15) is 23.0 Å². The third-order valence-corrected chi connectivity index (χ3v) is 2.86. The maximum absolute atomic E-state index is 12.3. The van der Waals surface area contributed by atoms with Crippen LogP contribution in [0.5, 0.6) is 5.75 Å². The molecule has 0 aliphatic carbocycles. The predicted molar refractivity (Wildman–Crippen MR) is 69.6 cm³/mol. The number of aromatic hydroxyl groups is 1. The van der Waals surface area contributed by atoms with Crippen LogP contribution in [-0.4, -0.2) is 5.11 Å². The van der Waals surface area contributed by atoms with Crippen LogP contribution in [0.3, 0.4) is 0 Å². The first kappa shape index (κ1) is 10.6. The van der Waals surface area contributed by atoms with Crippen molar-refractivity contribution in [3.05, 3.63) is 65.0 Å². The second kappa shape index (κ2) is 4.04. The third-order valence-electron chi connectivity index (χ3n) is 2.86. The van der Waals surface area contributed by atoms with Gasteiger partial charge in [-0.25, -0.2) is 0 Å². The van der Waals surface area contributed by atoms with Crippen molar-refractivity contribution in [1.29, 1.82) is 0 Å². The van der Waals surface area contributed by atoms with Crippen LogP contribution in [0.2, 0.25) is 0 Å². The van der Waals surface area contributed by atoms with E-state index in [1.807, 2.05) is 30.3 Å². The fraction of sp³-hybridized carbons (Fsp3) is 0. The molecule has 0 aliphatic rings. The lowest BCUT2D eigenvalue weighted by Crippen LogP contribution is -2.04. The number of hydrogen-bond acceptors (Lipinski definition) is 3. The van der Waals surface area contributed by atoms with Crippen LogP contribution in [0.1, 0.15) is 0 Å². The molecule has 2 aromatic carbocycles. The van der Waals surface area contributed by atoms with Gasteiger partial charge in [0.2, 0.25) is 5.43 Å². The van der Waals surface area contributed by atoms with E-state index in [-0.39, 0.29) is 16.6 Å². The second-order valence-corrected chi connectivity index (χ2v) is 3.99. The molecule has 0 aliphatic heterocycles. The molecule has 0 fully saturated rings. The van der Waals surface area contributed by atoms with Gasteiger partial charge in [-0.2, -0.15) is 0 Å². The van der Waals surface area contributed by atoms with Crippen molar-refractivity contribution >= 4 is 11.0 Å². The van der Waals surface area contributed by atoms with E-state index in [2.05, 4.69) is 0 Å². The van der Waals surface area contributed by atoms with Crippen molar-refractivity contribution in [2.45, 2.75) is 0 Å². The van der Waals surface area contributed by atoms with E-state index in [1.165, 1.54) is 12.3 Å². The minimum atomic E-state index is -0.222. The highest BCUT2D eigenvalue weighted by Crippen LogP contribution is 2.24. The molecule has 3 aromatic rings. The Hall–Kier alpha value is -2.55. The fourth-order valence-electron chi connectivity index (χ4n) is 1.97. The van der Waals surface area contributed by atoms with Crippen LogP contribution in [0.15, 0.2) is 64.0 Å². The molecule has 0 bridgehead atoms. The summed E-state index contributed by atoms with van der Waals surface area (Å²) in [4.78, 5) is 12.3. The van der Waals surface area contributed by atoms with E-state index in [4.69, 9.17) is 4.42 Å². The van der Waals surface area contributed by atoms with Crippen molar-refractivity contribution in [2.75, 3.05) is 0 Å². The molecule has 0 saturated heterocycles. The maximum Gasteiger partial charge on any atom is 0.204 e. The summed E-state index contributed by atoms with van der Waals surface area (Å²) in [7, 11) is 0. The number of benzene rings is 2. The predicted octanol–water partition coefficient (Wildman–Crippen LogP) is 3.17. The number of hydrogen-bond donors (Lipinski definition) is 1. The highest BCUT2D eigenvalue weighted by molar-refractivity contribution is 5.86. The summed E-state index contributed by atoms with van der Waals surface area (Å²) >= 11 is 0. The van der Waals surface area contributed by atoms with Crippen LogP contribution in [0.25, 0.3) is 22.1 Å². The fourth-order valence-corrected chi connectivity index (χ4v) is 1.97. The standard InChI is InChI=1S/C15H10O3/c16-12-7-4-8-13-14(12)15(17)11(9-18-13)10-5-2-1-3-6-10/h1-9,16H. The van der Waals surface area contributed by atoms with Gasteiger partial charge >= 0.3 is 0 Å². The van der Waals surface area contributed by atoms with E-state index < -0.39 is 0 Å². The molecule has 0 unspecified atom stereocenters. The first-order valence-electron chi connectivity index (χ1n) is 5.56. The zero-order valence-corrected chi connectivity index (χ0v) is 9.46. The lowest BCUT2D eigenvalue weighted by molar-refractivity contribution is 0.479. The van der Waals surface area contributed by atoms with Crippen LogP contribution in [0.4, 0.5) is 0 Å².